The van der Waals surface area contributed by atoms with Crippen LogP contribution in [-0.2, 0) is 4.79 Å². The first-order valence-corrected chi connectivity index (χ1v) is 5.46. The topological polar surface area (TPSA) is 17.1 Å². The number of carbonyl (C=O) groups is 1. The molecule has 70 valence electrons. The Morgan fingerprint density at radius 2 is 2.23 bits per heavy atom. The number of ketones is 1. The number of hydrogen-bond acceptors (Lipinski definition) is 2. The Labute approximate surface area is 94.9 Å². The van der Waals surface area contributed by atoms with Crippen molar-refractivity contribution >= 4 is 58.0 Å². The number of halogens is 3. The second-order valence-electron chi connectivity index (χ2n) is 2.21. The second-order valence-corrected chi connectivity index (χ2v) is 4.77. The van der Waals surface area contributed by atoms with E-state index in [1.165, 1.54) is 17.4 Å². The third-order valence-electron chi connectivity index (χ3n) is 1.26. The van der Waals surface area contributed by atoms with E-state index in [0.29, 0.717) is 8.67 Å². The standard InChI is InChI=1S/C8H5Cl3OS/c9-4-6(12)2-1-5-3-7(10)13-8(5)11/h1-3H,4H2. The zero-order valence-electron chi connectivity index (χ0n) is 6.39. The van der Waals surface area contributed by atoms with Gasteiger partial charge in [0, 0.05) is 5.56 Å². The van der Waals surface area contributed by atoms with E-state index >= 15 is 0 Å². The molecule has 5 heteroatoms. The number of hydrogen-bond donors (Lipinski definition) is 0. The van der Waals surface area contributed by atoms with Gasteiger partial charge in [-0.2, -0.15) is 0 Å². The quantitative estimate of drug-likeness (QED) is 0.592. The highest BCUT2D eigenvalue weighted by atomic mass is 35.5. The average molecular weight is 256 g/mol. The maximum absolute atomic E-state index is 10.8. The SMILES string of the molecule is O=C(C=Cc1cc(Cl)sc1Cl)CCl. The summed E-state index contributed by atoms with van der Waals surface area (Å²) in [4.78, 5) is 10.8. The van der Waals surface area contributed by atoms with Crippen molar-refractivity contribution in [1.29, 1.82) is 0 Å². The van der Waals surface area contributed by atoms with Gasteiger partial charge in [-0.05, 0) is 18.2 Å². The fourth-order valence-corrected chi connectivity index (χ4v) is 2.22. The molecule has 1 nitrogen and oxygen atoms in total. The molecule has 0 spiro atoms. The van der Waals surface area contributed by atoms with E-state index < -0.39 is 0 Å². The lowest BCUT2D eigenvalue weighted by Gasteiger charge is -1.86. The number of allylic oxidation sites excluding steroid dienone is 1. The Bertz CT molecular complexity index is 343. The molecular formula is C8H5Cl3OS. The molecule has 0 aromatic carbocycles. The van der Waals surface area contributed by atoms with E-state index in [0.717, 1.165) is 5.56 Å². The Hall–Kier alpha value is -0.0200. The zero-order chi connectivity index (χ0) is 9.84. The lowest BCUT2D eigenvalue weighted by molar-refractivity contribution is -0.112. The van der Waals surface area contributed by atoms with Gasteiger partial charge >= 0.3 is 0 Å². The van der Waals surface area contributed by atoms with Crippen LogP contribution < -0.4 is 0 Å². The molecule has 1 rings (SSSR count). The van der Waals surface area contributed by atoms with Crippen LogP contribution in [0.1, 0.15) is 5.56 Å². The summed E-state index contributed by atoms with van der Waals surface area (Å²) in [5.74, 6) is -0.175. The fraction of sp³-hybridized carbons (Fsp3) is 0.125. The van der Waals surface area contributed by atoms with Gasteiger partial charge < -0.3 is 0 Å². The molecule has 0 aliphatic rings. The number of alkyl halides is 1. The smallest absolute Gasteiger partial charge is 0.170 e. The minimum Gasteiger partial charge on any atom is -0.294 e. The molecular weight excluding hydrogens is 251 g/mol. The van der Waals surface area contributed by atoms with Crippen LogP contribution in [0.15, 0.2) is 12.1 Å². The van der Waals surface area contributed by atoms with Crippen LogP contribution in [0.5, 0.6) is 0 Å². The molecule has 1 aromatic rings. The first-order valence-electron chi connectivity index (χ1n) is 3.35. The molecule has 0 N–H and O–H groups in total. The summed E-state index contributed by atoms with van der Waals surface area (Å²) in [6.07, 6.45) is 2.99. The third kappa shape index (κ3) is 3.31. The summed E-state index contributed by atoms with van der Waals surface area (Å²) in [5, 5.41) is 0. The van der Waals surface area contributed by atoms with E-state index in [4.69, 9.17) is 34.8 Å². The van der Waals surface area contributed by atoms with Crippen molar-refractivity contribution < 1.29 is 4.79 Å². The summed E-state index contributed by atoms with van der Waals surface area (Å²) < 4.78 is 1.17. The molecule has 0 aliphatic heterocycles. The van der Waals surface area contributed by atoms with E-state index in [2.05, 4.69) is 0 Å². The minimum atomic E-state index is -0.153. The first kappa shape index (κ1) is 11.1. The maximum atomic E-state index is 10.8. The van der Waals surface area contributed by atoms with Gasteiger partial charge in [-0.25, -0.2) is 0 Å². The normalized spacial score (nSPS) is 11.0. The van der Waals surface area contributed by atoms with Gasteiger partial charge in [0.25, 0.3) is 0 Å². The van der Waals surface area contributed by atoms with Gasteiger partial charge in [-0.3, -0.25) is 4.79 Å². The third-order valence-corrected chi connectivity index (χ3v) is 3.04. The molecule has 0 aliphatic carbocycles. The van der Waals surface area contributed by atoms with Crippen LogP contribution in [0.2, 0.25) is 8.67 Å². The average Bonchev–Trinajstić information content (AvgIpc) is 2.41. The lowest BCUT2D eigenvalue weighted by Crippen LogP contribution is -1.91. The van der Waals surface area contributed by atoms with Crippen molar-refractivity contribution in [2.45, 2.75) is 0 Å². The summed E-state index contributed by atoms with van der Waals surface area (Å²) in [6.45, 7) is 0. The van der Waals surface area contributed by atoms with Gasteiger partial charge in [-0.15, -0.1) is 22.9 Å². The fourth-order valence-electron chi connectivity index (χ4n) is 0.694. The lowest BCUT2D eigenvalue weighted by atomic mass is 10.3. The molecule has 0 amide bonds. The molecule has 0 fully saturated rings. The molecule has 0 saturated heterocycles. The first-order chi connectivity index (χ1) is 6.13. The van der Waals surface area contributed by atoms with Crippen LogP contribution in [0, 0.1) is 0 Å². The van der Waals surface area contributed by atoms with Crippen molar-refractivity contribution in [2.75, 3.05) is 5.88 Å². The van der Waals surface area contributed by atoms with Crippen LogP contribution in [0.25, 0.3) is 6.08 Å². The van der Waals surface area contributed by atoms with Crippen molar-refractivity contribution in [3.63, 3.8) is 0 Å². The molecule has 1 aromatic heterocycles. The number of carbonyl (C=O) groups excluding carboxylic acids is 1. The number of thiophene rings is 1. The van der Waals surface area contributed by atoms with Gasteiger partial charge in [0.2, 0.25) is 0 Å². The van der Waals surface area contributed by atoms with Crippen molar-refractivity contribution in [3.05, 3.63) is 26.4 Å². The van der Waals surface area contributed by atoms with Crippen LogP contribution in [0.3, 0.4) is 0 Å². The predicted octanol–water partition coefficient (Wildman–Crippen LogP) is 3.88. The number of rotatable bonds is 3. The van der Waals surface area contributed by atoms with E-state index in [1.807, 2.05) is 0 Å². The van der Waals surface area contributed by atoms with Gasteiger partial charge in [-0.1, -0.05) is 23.2 Å². The van der Waals surface area contributed by atoms with Crippen LogP contribution in [-0.4, -0.2) is 11.7 Å². The largest absolute Gasteiger partial charge is 0.294 e. The highest BCUT2D eigenvalue weighted by molar-refractivity contribution is 7.20. The summed E-state index contributed by atoms with van der Waals surface area (Å²) in [5.41, 5.74) is 0.745. The Morgan fingerprint density at radius 1 is 1.54 bits per heavy atom. The van der Waals surface area contributed by atoms with Gasteiger partial charge in [0.05, 0.1) is 10.2 Å². The Kier molecular flexibility index (Phi) is 4.26. The highest BCUT2D eigenvalue weighted by Crippen LogP contribution is 2.31. The highest BCUT2D eigenvalue weighted by Gasteiger charge is 2.02. The predicted molar refractivity (Wildman–Crippen MR) is 59.1 cm³/mol. The second kappa shape index (κ2) is 5.01. The van der Waals surface area contributed by atoms with Crippen molar-refractivity contribution in [2.24, 2.45) is 0 Å². The monoisotopic (exact) mass is 254 g/mol. The summed E-state index contributed by atoms with van der Waals surface area (Å²) in [7, 11) is 0. The molecule has 0 radical (unpaired) electrons. The Morgan fingerprint density at radius 3 is 2.69 bits per heavy atom. The minimum absolute atomic E-state index is 0.0218. The van der Waals surface area contributed by atoms with Gasteiger partial charge in [0.15, 0.2) is 5.78 Å². The molecule has 13 heavy (non-hydrogen) atoms. The molecule has 0 unspecified atom stereocenters. The van der Waals surface area contributed by atoms with Crippen molar-refractivity contribution in [1.82, 2.24) is 0 Å². The van der Waals surface area contributed by atoms with Crippen LogP contribution in [0.4, 0.5) is 0 Å². The summed E-state index contributed by atoms with van der Waals surface area (Å²) >= 11 is 18.1. The zero-order valence-corrected chi connectivity index (χ0v) is 9.47. The van der Waals surface area contributed by atoms with E-state index in [-0.39, 0.29) is 11.7 Å². The van der Waals surface area contributed by atoms with Crippen molar-refractivity contribution in [3.8, 4) is 0 Å². The van der Waals surface area contributed by atoms with Gasteiger partial charge in [0.1, 0.15) is 4.34 Å². The molecule has 0 saturated carbocycles. The van der Waals surface area contributed by atoms with Crippen LogP contribution >= 0.6 is 46.1 Å². The maximum Gasteiger partial charge on any atom is 0.170 e. The molecule has 0 bridgehead atoms. The molecule has 1 heterocycles. The summed E-state index contributed by atoms with van der Waals surface area (Å²) in [6, 6.07) is 1.70. The Balaban J connectivity index is 2.79. The van der Waals surface area contributed by atoms with E-state index in [9.17, 15) is 4.79 Å². The molecule has 0 atom stereocenters. The van der Waals surface area contributed by atoms with E-state index in [1.54, 1.807) is 12.1 Å².